The minimum absolute atomic E-state index is 0.0568. The molecule has 1 aromatic carbocycles. The first kappa shape index (κ1) is 13.8. The smallest absolute Gasteiger partial charge is 0.241 e. The maximum absolute atomic E-state index is 12.3. The number of hydrogen-bond donors (Lipinski definition) is 2. The molecule has 1 aromatic heterocycles. The molecule has 0 saturated heterocycles. The maximum atomic E-state index is 12.3. The Morgan fingerprint density at radius 2 is 1.90 bits per heavy atom. The van der Waals surface area contributed by atoms with Crippen LogP contribution in [0.25, 0.3) is 0 Å². The molecule has 0 aliphatic heterocycles. The molecule has 0 unspecified atom stereocenters. The topological polar surface area (TPSA) is 72.2 Å². The van der Waals surface area contributed by atoms with Crippen LogP contribution in [-0.4, -0.2) is 14.5 Å². The molecule has 0 spiro atoms. The van der Waals surface area contributed by atoms with E-state index >= 15 is 0 Å². The summed E-state index contributed by atoms with van der Waals surface area (Å²) in [6.45, 7) is 0.370. The molecule has 1 aliphatic carbocycles. The molecule has 4 nitrogen and oxygen atoms in total. The Balaban J connectivity index is 1.75. The Morgan fingerprint density at radius 1 is 1.25 bits per heavy atom. The molecule has 1 heterocycles. The van der Waals surface area contributed by atoms with E-state index in [1.165, 1.54) is 22.5 Å². The maximum Gasteiger partial charge on any atom is 0.241 e. The highest BCUT2D eigenvalue weighted by molar-refractivity contribution is 7.89. The summed E-state index contributed by atoms with van der Waals surface area (Å²) in [5, 5.41) is 1.65. The van der Waals surface area contributed by atoms with Crippen molar-refractivity contribution in [1.82, 2.24) is 4.72 Å². The van der Waals surface area contributed by atoms with Crippen molar-refractivity contribution in [2.24, 2.45) is 5.73 Å². The van der Waals surface area contributed by atoms with Crippen molar-refractivity contribution >= 4 is 21.4 Å². The highest BCUT2D eigenvalue weighted by Gasteiger charge is 2.26. The number of benzene rings is 1. The Kier molecular flexibility index (Phi) is 3.64. The third-order valence-electron chi connectivity index (χ3n) is 3.51. The molecule has 0 radical (unpaired) electrons. The summed E-state index contributed by atoms with van der Waals surface area (Å²) in [4.78, 5) is 1.19. The molecule has 106 valence electrons. The number of thiophene rings is 1. The van der Waals surface area contributed by atoms with Crippen LogP contribution in [-0.2, 0) is 29.4 Å². The van der Waals surface area contributed by atoms with Gasteiger partial charge in [0.2, 0.25) is 10.0 Å². The van der Waals surface area contributed by atoms with Crippen LogP contribution >= 0.6 is 11.3 Å². The van der Waals surface area contributed by atoms with Gasteiger partial charge in [-0.05, 0) is 30.0 Å². The lowest BCUT2D eigenvalue weighted by molar-refractivity contribution is 0.556. The number of fused-ring (bicyclic) bond motifs is 1. The van der Waals surface area contributed by atoms with Crippen molar-refractivity contribution in [3.63, 3.8) is 0 Å². The Labute approximate surface area is 122 Å². The highest BCUT2D eigenvalue weighted by atomic mass is 32.2. The number of nitrogens with two attached hydrogens (primary N) is 1. The molecule has 6 heteroatoms. The van der Waals surface area contributed by atoms with E-state index in [4.69, 9.17) is 5.73 Å². The lowest BCUT2D eigenvalue weighted by atomic mass is 10.1. The van der Waals surface area contributed by atoms with Crippen molar-refractivity contribution < 1.29 is 8.42 Å². The number of rotatable bonds is 4. The van der Waals surface area contributed by atoms with Crippen LogP contribution in [0.4, 0.5) is 0 Å². The first-order valence-corrected chi connectivity index (χ1v) is 8.81. The molecule has 3 rings (SSSR count). The molecule has 20 heavy (non-hydrogen) atoms. The second kappa shape index (κ2) is 5.29. The molecule has 0 atom stereocenters. The number of hydrogen-bond acceptors (Lipinski definition) is 4. The van der Waals surface area contributed by atoms with Crippen molar-refractivity contribution in [2.45, 2.75) is 30.3 Å². The summed E-state index contributed by atoms with van der Waals surface area (Å²) in [6.07, 6.45) is 1.51. The zero-order chi connectivity index (χ0) is 14.2. The minimum Gasteiger partial charge on any atom is -0.326 e. The molecule has 0 bridgehead atoms. The lowest BCUT2D eigenvalue weighted by Gasteiger charge is -2.11. The molecule has 0 saturated carbocycles. The average molecular weight is 308 g/mol. The number of sulfonamides is 1. The van der Waals surface area contributed by atoms with Crippen molar-refractivity contribution in [2.75, 3.05) is 0 Å². The predicted octanol–water partition coefficient (Wildman–Crippen LogP) is 1.65. The van der Waals surface area contributed by atoms with E-state index in [0.29, 0.717) is 11.4 Å². The van der Waals surface area contributed by atoms with Gasteiger partial charge < -0.3 is 5.73 Å². The first-order valence-electron chi connectivity index (χ1n) is 6.45. The van der Waals surface area contributed by atoms with E-state index in [1.54, 1.807) is 11.4 Å². The fourth-order valence-electron chi connectivity index (χ4n) is 2.54. The molecule has 2 aromatic rings. The third-order valence-corrected chi connectivity index (χ3v) is 6.12. The van der Waals surface area contributed by atoms with Gasteiger partial charge in [-0.15, -0.1) is 11.3 Å². The van der Waals surface area contributed by atoms with Crippen molar-refractivity contribution in [1.29, 1.82) is 0 Å². The summed E-state index contributed by atoms with van der Waals surface area (Å²) in [5.41, 5.74) is 7.98. The van der Waals surface area contributed by atoms with Gasteiger partial charge in [0.1, 0.15) is 0 Å². The molecule has 0 fully saturated rings. The normalized spacial score (nSPS) is 15.4. The van der Waals surface area contributed by atoms with E-state index in [0.717, 1.165) is 17.7 Å². The van der Waals surface area contributed by atoms with Gasteiger partial charge in [0, 0.05) is 22.8 Å². The van der Waals surface area contributed by atoms with E-state index in [2.05, 4.69) is 16.9 Å². The lowest BCUT2D eigenvalue weighted by Crippen LogP contribution is -2.35. The zero-order valence-electron chi connectivity index (χ0n) is 10.9. The summed E-state index contributed by atoms with van der Waals surface area (Å²) >= 11 is 1.38. The summed E-state index contributed by atoms with van der Waals surface area (Å²) in [6, 6.07) is 9.68. The Morgan fingerprint density at radius 3 is 2.45 bits per heavy atom. The fourth-order valence-corrected chi connectivity index (χ4v) is 4.93. The summed E-state index contributed by atoms with van der Waals surface area (Å²) in [7, 11) is -3.45. The van der Waals surface area contributed by atoms with Crippen LogP contribution in [0, 0.1) is 0 Å². The van der Waals surface area contributed by atoms with Gasteiger partial charge in [-0.3, -0.25) is 0 Å². The van der Waals surface area contributed by atoms with Crippen molar-refractivity contribution in [3.05, 3.63) is 51.7 Å². The average Bonchev–Trinajstić information content (AvgIpc) is 3.04. The van der Waals surface area contributed by atoms with Crippen LogP contribution in [0.15, 0.2) is 40.6 Å². The highest BCUT2D eigenvalue weighted by Crippen LogP contribution is 2.24. The quantitative estimate of drug-likeness (QED) is 0.902. The van der Waals surface area contributed by atoms with Gasteiger partial charge in [-0.25, -0.2) is 13.1 Å². The molecular formula is C14H16N2O2S2. The SMILES string of the molecule is NCc1cc(S(=O)(=O)NC2Cc3ccccc3C2)cs1. The minimum atomic E-state index is -3.45. The second-order valence-corrected chi connectivity index (χ2v) is 7.66. The van der Waals surface area contributed by atoms with Crippen LogP contribution in [0.1, 0.15) is 16.0 Å². The summed E-state index contributed by atoms with van der Waals surface area (Å²) in [5.74, 6) is 0. The van der Waals surface area contributed by atoms with Gasteiger partial charge in [-0.2, -0.15) is 0 Å². The van der Waals surface area contributed by atoms with Gasteiger partial charge in [0.15, 0.2) is 0 Å². The Hall–Kier alpha value is -1.21. The van der Waals surface area contributed by atoms with Gasteiger partial charge >= 0.3 is 0 Å². The first-order chi connectivity index (χ1) is 9.58. The van der Waals surface area contributed by atoms with Gasteiger partial charge in [-0.1, -0.05) is 24.3 Å². The zero-order valence-corrected chi connectivity index (χ0v) is 12.5. The van der Waals surface area contributed by atoms with Crippen LogP contribution in [0.5, 0.6) is 0 Å². The third kappa shape index (κ3) is 2.64. The van der Waals surface area contributed by atoms with Crippen LogP contribution < -0.4 is 10.5 Å². The summed E-state index contributed by atoms with van der Waals surface area (Å²) < 4.78 is 27.4. The monoisotopic (exact) mass is 308 g/mol. The molecular weight excluding hydrogens is 292 g/mol. The van der Waals surface area contributed by atoms with E-state index < -0.39 is 10.0 Å². The molecule has 3 N–H and O–H groups in total. The van der Waals surface area contributed by atoms with E-state index in [1.807, 2.05) is 12.1 Å². The van der Waals surface area contributed by atoms with E-state index in [9.17, 15) is 8.42 Å². The predicted molar refractivity (Wildman–Crippen MR) is 80.2 cm³/mol. The van der Waals surface area contributed by atoms with Crippen LogP contribution in [0.2, 0.25) is 0 Å². The fraction of sp³-hybridized carbons (Fsp3) is 0.286. The largest absolute Gasteiger partial charge is 0.326 e. The van der Waals surface area contributed by atoms with Crippen LogP contribution in [0.3, 0.4) is 0 Å². The van der Waals surface area contributed by atoms with Crippen molar-refractivity contribution in [3.8, 4) is 0 Å². The molecule has 1 aliphatic rings. The number of nitrogens with one attached hydrogen (secondary N) is 1. The van der Waals surface area contributed by atoms with Gasteiger partial charge in [0.05, 0.1) is 4.90 Å². The Bertz CT molecular complexity index is 697. The van der Waals surface area contributed by atoms with E-state index in [-0.39, 0.29) is 6.04 Å². The van der Waals surface area contributed by atoms with Gasteiger partial charge in [0.25, 0.3) is 0 Å². The second-order valence-electron chi connectivity index (χ2n) is 4.95. The standard InChI is InChI=1S/C14H16N2O2S2/c15-8-13-7-14(9-19-13)20(17,18)16-12-5-10-3-1-2-4-11(10)6-12/h1-4,7,9,12,16H,5-6,8,15H2. The molecule has 0 amide bonds.